The maximum Gasteiger partial charge on any atom is 0.315 e. The van der Waals surface area contributed by atoms with Gasteiger partial charge in [-0.3, -0.25) is 10.1 Å². The summed E-state index contributed by atoms with van der Waals surface area (Å²) in [4.78, 5) is 9.41. The lowest BCUT2D eigenvalue weighted by Crippen LogP contribution is -2.06. The van der Waals surface area contributed by atoms with Crippen LogP contribution in [0.3, 0.4) is 0 Å². The zero-order chi connectivity index (χ0) is 16.5. The lowest BCUT2D eigenvalue weighted by molar-refractivity contribution is -0.386. The second-order valence-corrected chi connectivity index (χ2v) is 6.80. The third-order valence-corrected chi connectivity index (χ3v) is 4.74. The number of hydrogen-bond donors (Lipinski definition) is 2. The highest BCUT2D eigenvalue weighted by Crippen LogP contribution is 2.38. The minimum absolute atomic E-state index is 0.366. The summed E-state index contributed by atoms with van der Waals surface area (Å²) in [5.74, 6) is -2.18. The van der Waals surface area contributed by atoms with Gasteiger partial charge in [0.15, 0.2) is 15.6 Å². The summed E-state index contributed by atoms with van der Waals surface area (Å²) in [6.07, 6.45) is 0. The standard InChI is InChI=1S/C14H13NO6S/c1-9-2-4-10(5-3-9)8-22(20,21)11-6-12(15(18)19)14(17)13(16)7-11/h2-7,16-17H,8H2,1H3. The Balaban J connectivity index is 2.45. The van der Waals surface area contributed by atoms with Crippen LogP contribution in [0.25, 0.3) is 0 Å². The summed E-state index contributed by atoms with van der Waals surface area (Å²) in [7, 11) is -3.90. The van der Waals surface area contributed by atoms with Gasteiger partial charge in [-0.1, -0.05) is 29.8 Å². The van der Waals surface area contributed by atoms with E-state index in [1.54, 1.807) is 24.3 Å². The van der Waals surface area contributed by atoms with Gasteiger partial charge in [0.1, 0.15) is 0 Å². The van der Waals surface area contributed by atoms with Crippen molar-refractivity contribution in [2.75, 3.05) is 0 Å². The molecule has 0 saturated carbocycles. The topological polar surface area (TPSA) is 118 Å². The van der Waals surface area contributed by atoms with Gasteiger partial charge >= 0.3 is 5.69 Å². The Morgan fingerprint density at radius 3 is 2.27 bits per heavy atom. The SMILES string of the molecule is Cc1ccc(CS(=O)(=O)c2cc(O)c(O)c([N+](=O)[O-])c2)cc1. The number of phenolic OH excluding ortho intramolecular Hbond substituents is 2. The number of nitro groups is 1. The Morgan fingerprint density at radius 1 is 1.14 bits per heavy atom. The number of benzene rings is 2. The van der Waals surface area contributed by atoms with Gasteiger partial charge in [-0.25, -0.2) is 8.42 Å². The molecule has 22 heavy (non-hydrogen) atoms. The second-order valence-electron chi connectivity index (χ2n) is 4.81. The van der Waals surface area contributed by atoms with Gasteiger partial charge in [-0.2, -0.15) is 0 Å². The van der Waals surface area contributed by atoms with E-state index < -0.39 is 36.8 Å². The number of phenols is 2. The molecule has 0 aliphatic carbocycles. The zero-order valence-electron chi connectivity index (χ0n) is 11.6. The number of aryl methyl sites for hydroxylation is 1. The Bertz CT molecular complexity index is 827. The third-order valence-electron chi connectivity index (χ3n) is 3.08. The lowest BCUT2D eigenvalue weighted by atomic mass is 10.2. The molecular formula is C14H13NO6S. The first kappa shape index (κ1) is 15.8. The molecule has 0 bridgehead atoms. The number of sulfone groups is 1. The summed E-state index contributed by atoms with van der Waals surface area (Å²) in [6, 6.07) is 8.32. The fourth-order valence-corrected chi connectivity index (χ4v) is 3.27. The smallest absolute Gasteiger partial charge is 0.315 e. The van der Waals surface area contributed by atoms with Crippen LogP contribution in [0.1, 0.15) is 11.1 Å². The molecule has 0 aliphatic heterocycles. The van der Waals surface area contributed by atoms with E-state index in [1.165, 1.54) is 0 Å². The fraction of sp³-hybridized carbons (Fsp3) is 0.143. The lowest BCUT2D eigenvalue weighted by Gasteiger charge is -2.07. The molecule has 7 nitrogen and oxygen atoms in total. The van der Waals surface area contributed by atoms with Crippen molar-refractivity contribution in [1.82, 2.24) is 0 Å². The summed E-state index contributed by atoms with van der Waals surface area (Å²) >= 11 is 0. The normalized spacial score (nSPS) is 11.3. The van der Waals surface area contributed by atoms with Gasteiger partial charge in [0.05, 0.1) is 15.6 Å². The van der Waals surface area contributed by atoms with Gasteiger partial charge in [-0.15, -0.1) is 0 Å². The first-order chi connectivity index (χ1) is 10.2. The van der Waals surface area contributed by atoms with Crippen molar-refractivity contribution in [3.8, 4) is 11.5 Å². The van der Waals surface area contributed by atoms with E-state index in [0.29, 0.717) is 5.56 Å². The van der Waals surface area contributed by atoms with E-state index in [2.05, 4.69) is 0 Å². The molecule has 2 rings (SSSR count). The van der Waals surface area contributed by atoms with Crippen LogP contribution >= 0.6 is 0 Å². The van der Waals surface area contributed by atoms with E-state index in [0.717, 1.165) is 17.7 Å². The zero-order valence-corrected chi connectivity index (χ0v) is 12.4. The molecule has 0 saturated heterocycles. The molecule has 0 amide bonds. The molecule has 2 aromatic rings. The number of nitrogens with zero attached hydrogens (tertiary/aromatic N) is 1. The van der Waals surface area contributed by atoms with E-state index in [4.69, 9.17) is 0 Å². The molecule has 0 fully saturated rings. The molecule has 0 aromatic heterocycles. The molecule has 2 aromatic carbocycles. The average Bonchev–Trinajstić information content (AvgIpc) is 2.43. The van der Waals surface area contributed by atoms with E-state index in [9.17, 15) is 28.7 Å². The quantitative estimate of drug-likeness (QED) is 0.506. The van der Waals surface area contributed by atoms with Crippen molar-refractivity contribution in [3.05, 3.63) is 57.6 Å². The average molecular weight is 323 g/mol. The monoisotopic (exact) mass is 323 g/mol. The molecule has 0 unspecified atom stereocenters. The predicted molar refractivity (Wildman–Crippen MR) is 78.5 cm³/mol. The van der Waals surface area contributed by atoms with Crippen LogP contribution < -0.4 is 0 Å². The van der Waals surface area contributed by atoms with Gasteiger partial charge in [0.2, 0.25) is 5.75 Å². The fourth-order valence-electron chi connectivity index (χ4n) is 1.88. The highest BCUT2D eigenvalue weighted by Gasteiger charge is 2.25. The maximum atomic E-state index is 12.3. The van der Waals surface area contributed by atoms with Gasteiger partial charge in [-0.05, 0) is 12.5 Å². The molecule has 2 N–H and O–H groups in total. The van der Waals surface area contributed by atoms with Crippen LogP contribution in [-0.2, 0) is 15.6 Å². The molecule has 0 radical (unpaired) electrons. The highest BCUT2D eigenvalue weighted by molar-refractivity contribution is 7.90. The number of rotatable bonds is 4. The second kappa shape index (κ2) is 5.64. The van der Waals surface area contributed by atoms with Crippen molar-refractivity contribution in [2.45, 2.75) is 17.6 Å². The van der Waals surface area contributed by atoms with Crippen molar-refractivity contribution in [3.63, 3.8) is 0 Å². The van der Waals surface area contributed by atoms with Crippen molar-refractivity contribution in [2.24, 2.45) is 0 Å². The molecule has 8 heteroatoms. The maximum absolute atomic E-state index is 12.3. The van der Waals surface area contributed by atoms with Gasteiger partial charge in [0, 0.05) is 12.1 Å². The van der Waals surface area contributed by atoms with Crippen LogP contribution in [-0.4, -0.2) is 23.6 Å². The first-order valence-corrected chi connectivity index (χ1v) is 7.84. The van der Waals surface area contributed by atoms with Crippen LogP contribution in [0.5, 0.6) is 11.5 Å². The molecule has 0 atom stereocenters. The number of nitro benzene ring substituents is 1. The molecule has 116 valence electrons. The van der Waals surface area contributed by atoms with Gasteiger partial charge in [0.25, 0.3) is 0 Å². The summed E-state index contributed by atoms with van der Waals surface area (Å²) in [5, 5.41) is 29.7. The highest BCUT2D eigenvalue weighted by atomic mass is 32.2. The molecular weight excluding hydrogens is 310 g/mol. The Kier molecular flexibility index (Phi) is 4.05. The number of aromatic hydroxyl groups is 2. The van der Waals surface area contributed by atoms with Crippen molar-refractivity contribution < 1.29 is 23.6 Å². The van der Waals surface area contributed by atoms with Crippen molar-refractivity contribution in [1.29, 1.82) is 0 Å². The van der Waals surface area contributed by atoms with Gasteiger partial charge < -0.3 is 10.2 Å². The summed E-state index contributed by atoms with van der Waals surface area (Å²) in [6.45, 7) is 1.86. The van der Waals surface area contributed by atoms with Crippen LogP contribution in [0, 0.1) is 17.0 Å². The molecule has 0 aliphatic rings. The minimum atomic E-state index is -3.90. The van der Waals surface area contributed by atoms with E-state index in [1.807, 2.05) is 6.92 Å². The van der Waals surface area contributed by atoms with Crippen molar-refractivity contribution >= 4 is 15.5 Å². The van der Waals surface area contributed by atoms with E-state index >= 15 is 0 Å². The predicted octanol–water partition coefficient (Wildman–Crippen LogP) is 2.29. The summed E-state index contributed by atoms with van der Waals surface area (Å²) < 4.78 is 24.6. The largest absolute Gasteiger partial charge is 0.504 e. The Hall–Kier alpha value is -2.61. The van der Waals surface area contributed by atoms with Crippen LogP contribution in [0.15, 0.2) is 41.3 Å². The Labute approximate surface area is 126 Å². The number of hydrogen-bond acceptors (Lipinski definition) is 6. The third kappa shape index (κ3) is 3.17. The van der Waals surface area contributed by atoms with Crippen LogP contribution in [0.4, 0.5) is 5.69 Å². The van der Waals surface area contributed by atoms with E-state index in [-0.39, 0.29) is 5.75 Å². The van der Waals surface area contributed by atoms with Crippen LogP contribution in [0.2, 0.25) is 0 Å². The molecule has 0 heterocycles. The minimum Gasteiger partial charge on any atom is -0.504 e. The summed E-state index contributed by atoms with van der Waals surface area (Å²) in [5.41, 5.74) is 0.627. The first-order valence-electron chi connectivity index (χ1n) is 6.19. The molecule has 0 spiro atoms. The Morgan fingerprint density at radius 2 is 1.73 bits per heavy atom.